The standard InChI is InChI=1S/C21H21N3O5S2/c1-2-29-11-5-7(3-4-10(11)25)12-13-8-6-9(15-14(8)19(26)24(22)20(15)27)16(13)30-18-17(12)31-21(28)23-18/h3-5,8-9,12-16,25H,2,6,22H2,1H3,(H,23,28)/t8-,9+,12+,13-,14+,15+,16+/m0/s1. The summed E-state index contributed by atoms with van der Waals surface area (Å²) < 4.78 is 5.61. The van der Waals surface area contributed by atoms with Crippen molar-refractivity contribution >= 4 is 34.9 Å². The third-order valence-electron chi connectivity index (χ3n) is 7.40. The summed E-state index contributed by atoms with van der Waals surface area (Å²) in [6.07, 6.45) is 0.815. The fourth-order valence-electron chi connectivity index (χ4n) is 6.41. The van der Waals surface area contributed by atoms with Crippen LogP contribution in [0.4, 0.5) is 0 Å². The average Bonchev–Trinajstić information content (AvgIpc) is 3.46. The van der Waals surface area contributed by atoms with Gasteiger partial charge in [-0.05, 0) is 48.8 Å². The van der Waals surface area contributed by atoms with Crippen molar-refractivity contribution in [1.82, 2.24) is 9.99 Å². The number of nitrogens with zero attached hydrogens (tertiary/aromatic N) is 1. The normalized spacial score (nSPS) is 35.3. The molecule has 7 atom stereocenters. The van der Waals surface area contributed by atoms with Crippen molar-refractivity contribution in [3.05, 3.63) is 38.3 Å². The number of thioether (sulfide) groups is 1. The molecule has 0 unspecified atom stereocenters. The molecular weight excluding hydrogens is 438 g/mol. The van der Waals surface area contributed by atoms with Crippen LogP contribution < -0.4 is 15.5 Å². The van der Waals surface area contributed by atoms with Crippen LogP contribution >= 0.6 is 23.1 Å². The minimum absolute atomic E-state index is 0.0252. The number of hydrogen-bond donors (Lipinski definition) is 3. The molecule has 162 valence electrons. The van der Waals surface area contributed by atoms with Crippen LogP contribution in [-0.2, 0) is 9.59 Å². The van der Waals surface area contributed by atoms with E-state index in [0.29, 0.717) is 12.4 Å². The van der Waals surface area contributed by atoms with Gasteiger partial charge in [-0.1, -0.05) is 17.4 Å². The van der Waals surface area contributed by atoms with Gasteiger partial charge < -0.3 is 14.8 Å². The van der Waals surface area contributed by atoms with E-state index in [0.717, 1.165) is 26.9 Å². The summed E-state index contributed by atoms with van der Waals surface area (Å²) in [6.45, 7) is 2.27. The van der Waals surface area contributed by atoms with E-state index in [4.69, 9.17) is 10.6 Å². The number of hydrogen-bond acceptors (Lipinski definition) is 8. The maximum atomic E-state index is 12.8. The van der Waals surface area contributed by atoms with E-state index in [9.17, 15) is 19.5 Å². The molecule has 0 radical (unpaired) electrons. The first kappa shape index (κ1) is 19.4. The molecule has 6 rings (SSSR count). The van der Waals surface area contributed by atoms with Crippen LogP contribution in [0.15, 0.2) is 28.0 Å². The van der Waals surface area contributed by atoms with Gasteiger partial charge in [-0.2, -0.15) is 0 Å². The van der Waals surface area contributed by atoms with Gasteiger partial charge >= 0.3 is 4.87 Å². The highest BCUT2D eigenvalue weighted by Crippen LogP contribution is 2.68. The van der Waals surface area contributed by atoms with E-state index in [1.165, 1.54) is 11.3 Å². The maximum Gasteiger partial charge on any atom is 0.305 e. The third kappa shape index (κ3) is 2.49. The van der Waals surface area contributed by atoms with E-state index in [1.54, 1.807) is 17.8 Å². The predicted octanol–water partition coefficient (Wildman–Crippen LogP) is 1.89. The zero-order chi connectivity index (χ0) is 21.6. The minimum Gasteiger partial charge on any atom is -0.504 e. The lowest BCUT2D eigenvalue weighted by Gasteiger charge is -2.43. The van der Waals surface area contributed by atoms with Crippen LogP contribution in [0.25, 0.3) is 0 Å². The first-order valence-electron chi connectivity index (χ1n) is 10.4. The number of hydrazine groups is 1. The molecular formula is C21H21N3O5S2. The third-order valence-corrected chi connectivity index (χ3v) is 9.99. The number of carbonyl (C=O) groups excluding carboxylic acids is 2. The number of nitrogens with one attached hydrogen (secondary N) is 1. The Kier molecular flexibility index (Phi) is 4.13. The van der Waals surface area contributed by atoms with Crippen LogP contribution in [0, 0.1) is 29.6 Å². The van der Waals surface area contributed by atoms with Gasteiger partial charge in [-0.3, -0.25) is 14.4 Å². The van der Waals surface area contributed by atoms with Crippen LogP contribution in [0.5, 0.6) is 11.5 Å². The molecule has 10 heteroatoms. The second-order valence-electron chi connectivity index (χ2n) is 8.67. The number of imide groups is 1. The molecule has 3 heterocycles. The lowest BCUT2D eigenvalue weighted by atomic mass is 9.68. The van der Waals surface area contributed by atoms with Gasteiger partial charge in [0.15, 0.2) is 11.5 Å². The molecule has 1 aromatic carbocycles. The van der Waals surface area contributed by atoms with E-state index in [-0.39, 0.29) is 63.2 Å². The molecule has 1 saturated heterocycles. The minimum atomic E-state index is -0.382. The van der Waals surface area contributed by atoms with Crippen LogP contribution in [-0.4, -0.2) is 38.8 Å². The number of phenolic OH excluding ortho intramolecular Hbond substituents is 1. The summed E-state index contributed by atoms with van der Waals surface area (Å²) in [7, 11) is 0. The molecule has 2 aliphatic carbocycles. The molecule has 2 amide bonds. The fourth-order valence-corrected chi connectivity index (χ4v) is 9.30. The first-order valence-corrected chi connectivity index (χ1v) is 12.1. The Hall–Kier alpha value is -2.30. The summed E-state index contributed by atoms with van der Waals surface area (Å²) in [5.41, 5.74) is 0.943. The Balaban J connectivity index is 1.50. The zero-order valence-electron chi connectivity index (χ0n) is 16.6. The van der Waals surface area contributed by atoms with Crippen LogP contribution in [0.3, 0.4) is 0 Å². The molecule has 0 spiro atoms. The second-order valence-corrected chi connectivity index (χ2v) is 10.9. The average molecular weight is 460 g/mol. The summed E-state index contributed by atoms with van der Waals surface area (Å²) in [5, 5.41) is 12.0. The number of thiazole rings is 1. The smallest absolute Gasteiger partial charge is 0.305 e. The molecule has 2 aromatic rings. The number of aromatic nitrogens is 1. The lowest BCUT2D eigenvalue weighted by molar-refractivity contribution is -0.141. The molecule has 4 aliphatic rings. The number of rotatable bonds is 3. The van der Waals surface area contributed by atoms with Gasteiger partial charge in [-0.15, -0.1) is 11.8 Å². The van der Waals surface area contributed by atoms with Crippen molar-refractivity contribution in [2.75, 3.05) is 6.61 Å². The predicted molar refractivity (Wildman–Crippen MR) is 114 cm³/mol. The number of ether oxygens (including phenoxy) is 1. The molecule has 31 heavy (non-hydrogen) atoms. The van der Waals surface area contributed by atoms with E-state index in [2.05, 4.69) is 4.98 Å². The number of fused-ring (bicyclic) bond motifs is 9. The van der Waals surface area contributed by atoms with E-state index >= 15 is 0 Å². The second kappa shape index (κ2) is 6.60. The Labute approximate surface area is 185 Å². The Morgan fingerprint density at radius 2 is 1.97 bits per heavy atom. The molecule has 4 N–H and O–H groups in total. The Morgan fingerprint density at radius 3 is 2.71 bits per heavy atom. The molecule has 3 fully saturated rings. The number of aromatic amines is 1. The Bertz CT molecular complexity index is 1180. The zero-order valence-corrected chi connectivity index (χ0v) is 18.2. The van der Waals surface area contributed by atoms with Crippen LogP contribution in [0.1, 0.15) is 29.7 Å². The topological polar surface area (TPSA) is 126 Å². The quantitative estimate of drug-likeness (QED) is 0.363. The molecule has 2 saturated carbocycles. The molecule has 2 aliphatic heterocycles. The van der Waals surface area contributed by atoms with E-state index < -0.39 is 0 Å². The number of aromatic hydroxyl groups is 1. The van der Waals surface area contributed by atoms with Gasteiger partial charge in [0, 0.05) is 16.0 Å². The fraction of sp³-hybridized carbons (Fsp3) is 0.476. The highest BCUT2D eigenvalue weighted by atomic mass is 32.2. The van der Waals surface area contributed by atoms with Gasteiger partial charge in [-0.25, -0.2) is 10.9 Å². The highest BCUT2D eigenvalue weighted by molar-refractivity contribution is 8.00. The van der Waals surface area contributed by atoms with E-state index in [1.807, 2.05) is 19.1 Å². The molecule has 8 nitrogen and oxygen atoms in total. The van der Waals surface area contributed by atoms with Crippen molar-refractivity contribution in [2.24, 2.45) is 35.4 Å². The lowest BCUT2D eigenvalue weighted by Crippen LogP contribution is -2.42. The first-order chi connectivity index (χ1) is 14.9. The number of benzene rings is 1. The SMILES string of the molecule is CCOc1cc([C@H]2c3sc(=O)[nH]c3S[C@@H]3[C@@H]4C[C@H]([C@H]5C(=O)N(N)C(=O)[C@H]45)[C@@H]23)ccc1O. The number of phenols is 1. The van der Waals surface area contributed by atoms with Crippen molar-refractivity contribution < 1.29 is 19.4 Å². The number of nitrogens with two attached hydrogens (primary N) is 1. The van der Waals surface area contributed by atoms with Crippen molar-refractivity contribution in [1.29, 1.82) is 0 Å². The summed E-state index contributed by atoms with van der Waals surface area (Å²) in [6, 6.07) is 5.32. The molecule has 2 bridgehead atoms. The monoisotopic (exact) mass is 459 g/mol. The van der Waals surface area contributed by atoms with Crippen molar-refractivity contribution in [3.8, 4) is 11.5 Å². The van der Waals surface area contributed by atoms with Gasteiger partial charge in [0.05, 0.1) is 23.5 Å². The summed E-state index contributed by atoms with van der Waals surface area (Å²) in [5.74, 6) is 5.03. The highest BCUT2D eigenvalue weighted by Gasteiger charge is 2.69. The van der Waals surface area contributed by atoms with Crippen molar-refractivity contribution in [2.45, 2.75) is 29.5 Å². The summed E-state index contributed by atoms with van der Waals surface area (Å²) in [4.78, 5) is 41.6. The number of carbonyl (C=O) groups is 2. The number of H-pyrrole nitrogens is 1. The van der Waals surface area contributed by atoms with Gasteiger partial charge in [0.1, 0.15) is 0 Å². The molecule has 1 aromatic heterocycles. The largest absolute Gasteiger partial charge is 0.504 e. The number of amides is 2. The van der Waals surface area contributed by atoms with Gasteiger partial charge in [0.2, 0.25) is 11.8 Å². The van der Waals surface area contributed by atoms with Crippen molar-refractivity contribution in [3.63, 3.8) is 0 Å². The van der Waals surface area contributed by atoms with Crippen LogP contribution in [0.2, 0.25) is 0 Å². The Morgan fingerprint density at radius 1 is 1.23 bits per heavy atom. The maximum absolute atomic E-state index is 12.8. The summed E-state index contributed by atoms with van der Waals surface area (Å²) >= 11 is 2.83. The van der Waals surface area contributed by atoms with Gasteiger partial charge in [0.25, 0.3) is 0 Å².